The summed E-state index contributed by atoms with van der Waals surface area (Å²) in [4.78, 5) is 25.2. The summed E-state index contributed by atoms with van der Waals surface area (Å²) in [6.45, 7) is 0.420. The summed E-state index contributed by atoms with van der Waals surface area (Å²) in [5, 5.41) is 2.68. The molecule has 92 valence electrons. The number of aromatic nitrogens is 1. The van der Waals surface area contributed by atoms with Gasteiger partial charge < -0.3 is 15.0 Å². The van der Waals surface area contributed by atoms with Crippen molar-refractivity contribution in [2.45, 2.75) is 25.6 Å². The van der Waals surface area contributed by atoms with Crippen LogP contribution in [0.15, 0.2) is 6.20 Å². The summed E-state index contributed by atoms with van der Waals surface area (Å²) in [5.41, 5.74) is 2.32. The monoisotopic (exact) mass is 240 g/mol. The largest absolute Gasteiger partial charge is 0.467 e. The molecule has 2 rings (SSSR count). The smallest absolute Gasteiger partial charge is 0.340 e. The highest BCUT2D eigenvalue weighted by Gasteiger charge is 2.24. The molecule has 0 aromatic carbocycles. The Morgan fingerprint density at radius 1 is 1.65 bits per heavy atom. The van der Waals surface area contributed by atoms with Gasteiger partial charge in [-0.05, 0) is 11.1 Å². The lowest BCUT2D eigenvalue weighted by Gasteiger charge is -2.14. The van der Waals surface area contributed by atoms with Crippen molar-refractivity contribution in [3.8, 4) is 0 Å². The van der Waals surface area contributed by atoms with Gasteiger partial charge in [-0.15, -0.1) is 0 Å². The number of rotatable bonds is 3. The first-order chi connectivity index (χ1) is 8.11. The number of alkyl halides is 1. The number of ether oxygens (including phenoxy) is 1. The first-order valence-electron chi connectivity index (χ1n) is 5.28. The molecule has 1 amide bonds. The second kappa shape index (κ2) is 4.57. The molecule has 2 N–H and O–H groups in total. The Hall–Kier alpha value is -1.85. The Labute approximate surface area is 97.3 Å². The van der Waals surface area contributed by atoms with Crippen molar-refractivity contribution in [1.82, 2.24) is 10.3 Å². The van der Waals surface area contributed by atoms with Gasteiger partial charge in [-0.25, -0.2) is 9.18 Å². The van der Waals surface area contributed by atoms with Crippen LogP contribution in [0.1, 0.15) is 16.8 Å². The van der Waals surface area contributed by atoms with Crippen molar-refractivity contribution in [3.63, 3.8) is 0 Å². The Kier molecular flexibility index (Phi) is 3.12. The van der Waals surface area contributed by atoms with Crippen molar-refractivity contribution in [2.75, 3.05) is 7.11 Å². The Balaban J connectivity index is 2.15. The van der Waals surface area contributed by atoms with E-state index in [1.165, 1.54) is 0 Å². The number of esters is 1. The lowest BCUT2D eigenvalue weighted by atomic mass is 10.00. The predicted octanol–water partition coefficient (Wildman–Crippen LogP) is 0.241. The highest BCUT2D eigenvalue weighted by molar-refractivity contribution is 5.81. The van der Waals surface area contributed by atoms with Gasteiger partial charge in [0.25, 0.3) is 0 Å². The molecule has 0 aliphatic carbocycles. The number of aromatic amines is 1. The van der Waals surface area contributed by atoms with Crippen LogP contribution in [-0.2, 0) is 33.7 Å². The maximum absolute atomic E-state index is 13.4. The topological polar surface area (TPSA) is 71.2 Å². The molecule has 0 radical (unpaired) electrons. The maximum Gasteiger partial charge on any atom is 0.340 e. The first-order valence-corrected chi connectivity index (χ1v) is 5.28. The third-order valence-electron chi connectivity index (χ3n) is 2.83. The minimum Gasteiger partial charge on any atom is -0.467 e. The van der Waals surface area contributed by atoms with Gasteiger partial charge in [-0.1, -0.05) is 0 Å². The van der Waals surface area contributed by atoms with E-state index < -0.39 is 12.1 Å². The minimum absolute atomic E-state index is 0.0637. The van der Waals surface area contributed by atoms with Crippen LogP contribution < -0.4 is 5.32 Å². The zero-order valence-corrected chi connectivity index (χ0v) is 9.38. The third-order valence-corrected chi connectivity index (χ3v) is 2.83. The predicted molar refractivity (Wildman–Crippen MR) is 57.0 cm³/mol. The molecule has 1 aliphatic heterocycles. The molecule has 1 aromatic rings. The van der Waals surface area contributed by atoms with Crippen LogP contribution in [-0.4, -0.2) is 30.1 Å². The number of hydrogen-bond acceptors (Lipinski definition) is 3. The van der Waals surface area contributed by atoms with E-state index in [0.29, 0.717) is 12.1 Å². The molecule has 1 aliphatic rings. The number of nitrogens with one attached hydrogen (secondary N) is 2. The first kappa shape index (κ1) is 11.6. The fourth-order valence-corrected chi connectivity index (χ4v) is 1.92. The van der Waals surface area contributed by atoms with Crippen LogP contribution in [0.5, 0.6) is 0 Å². The van der Waals surface area contributed by atoms with Gasteiger partial charge in [0.1, 0.15) is 0 Å². The van der Waals surface area contributed by atoms with Crippen LogP contribution in [0.4, 0.5) is 4.39 Å². The lowest BCUT2D eigenvalue weighted by Crippen LogP contribution is -2.30. The molecular formula is C11H13FN2O3. The summed E-state index contributed by atoms with van der Waals surface area (Å²) < 4.78 is 17.8. The molecule has 5 nitrogen and oxygen atoms in total. The number of carbonyl (C=O) groups is 2. The molecule has 0 saturated heterocycles. The summed E-state index contributed by atoms with van der Waals surface area (Å²) in [6, 6.07) is 0. The van der Waals surface area contributed by atoms with Gasteiger partial charge in [0.2, 0.25) is 12.1 Å². The van der Waals surface area contributed by atoms with E-state index in [1.807, 2.05) is 0 Å². The second-order valence-corrected chi connectivity index (χ2v) is 3.92. The van der Waals surface area contributed by atoms with E-state index in [2.05, 4.69) is 15.0 Å². The number of H-pyrrole nitrogens is 1. The van der Waals surface area contributed by atoms with E-state index in [-0.39, 0.29) is 18.7 Å². The molecule has 17 heavy (non-hydrogen) atoms. The normalized spacial score (nSPS) is 16.0. The molecule has 2 heterocycles. The highest BCUT2D eigenvalue weighted by atomic mass is 19.1. The summed E-state index contributed by atoms with van der Waals surface area (Å²) >= 11 is 0. The van der Waals surface area contributed by atoms with E-state index in [0.717, 1.165) is 18.4 Å². The van der Waals surface area contributed by atoms with Crippen LogP contribution >= 0.6 is 0 Å². The van der Waals surface area contributed by atoms with Gasteiger partial charge in [-0.3, -0.25) is 4.79 Å². The molecule has 1 unspecified atom stereocenters. The zero-order chi connectivity index (χ0) is 12.4. The average molecular weight is 240 g/mol. The molecule has 6 heteroatoms. The van der Waals surface area contributed by atoms with Crippen molar-refractivity contribution >= 4 is 11.9 Å². The van der Waals surface area contributed by atoms with Gasteiger partial charge in [0.15, 0.2) is 0 Å². The standard InChI is InChI=1S/C11H13FN2O3/c1-17-11(16)8(12)2-6-4-13-9-5-14-10(15)3-7(6)9/h4,8,13H,2-3,5H2,1H3,(H,14,15). The van der Waals surface area contributed by atoms with Gasteiger partial charge >= 0.3 is 5.97 Å². The zero-order valence-electron chi connectivity index (χ0n) is 9.38. The lowest BCUT2D eigenvalue weighted by molar-refractivity contribution is -0.146. The number of amides is 1. The van der Waals surface area contributed by atoms with E-state index in [4.69, 9.17) is 0 Å². The summed E-state index contributed by atoms with van der Waals surface area (Å²) in [5.74, 6) is -0.980. The summed E-state index contributed by atoms with van der Waals surface area (Å²) in [7, 11) is 1.15. The van der Waals surface area contributed by atoms with Crippen LogP contribution in [0.2, 0.25) is 0 Å². The van der Waals surface area contributed by atoms with Gasteiger partial charge in [0, 0.05) is 18.3 Å². The van der Waals surface area contributed by atoms with Crippen molar-refractivity contribution in [1.29, 1.82) is 0 Å². The molecular weight excluding hydrogens is 227 g/mol. The van der Waals surface area contributed by atoms with Crippen LogP contribution in [0.25, 0.3) is 0 Å². The van der Waals surface area contributed by atoms with Crippen LogP contribution in [0, 0.1) is 0 Å². The van der Waals surface area contributed by atoms with E-state index in [9.17, 15) is 14.0 Å². The Bertz CT molecular complexity index is 456. The fraction of sp³-hybridized carbons (Fsp3) is 0.455. The van der Waals surface area contributed by atoms with Gasteiger partial charge in [0.05, 0.1) is 20.1 Å². The number of methoxy groups -OCH3 is 1. The number of fused-ring (bicyclic) bond motifs is 1. The third kappa shape index (κ3) is 2.30. The molecule has 1 atom stereocenters. The van der Waals surface area contributed by atoms with E-state index >= 15 is 0 Å². The molecule has 0 saturated carbocycles. The number of hydrogen-bond donors (Lipinski definition) is 2. The molecule has 0 bridgehead atoms. The number of halogens is 1. The highest BCUT2D eigenvalue weighted by Crippen LogP contribution is 2.20. The number of carbonyl (C=O) groups excluding carboxylic acids is 2. The van der Waals surface area contributed by atoms with Crippen LogP contribution in [0.3, 0.4) is 0 Å². The minimum atomic E-state index is -1.69. The summed E-state index contributed by atoms with van der Waals surface area (Å²) in [6.07, 6.45) is 0.110. The van der Waals surface area contributed by atoms with Gasteiger partial charge in [-0.2, -0.15) is 0 Å². The Morgan fingerprint density at radius 3 is 3.12 bits per heavy atom. The molecule has 0 spiro atoms. The SMILES string of the molecule is COC(=O)C(F)Cc1c[nH]c2c1CC(=O)NC2. The maximum atomic E-state index is 13.4. The quantitative estimate of drug-likeness (QED) is 0.743. The average Bonchev–Trinajstić information content (AvgIpc) is 2.71. The molecule has 0 fully saturated rings. The fourth-order valence-electron chi connectivity index (χ4n) is 1.92. The Morgan fingerprint density at radius 2 is 2.41 bits per heavy atom. The molecule has 1 aromatic heterocycles. The van der Waals surface area contributed by atoms with Crippen molar-refractivity contribution in [2.24, 2.45) is 0 Å². The van der Waals surface area contributed by atoms with E-state index in [1.54, 1.807) is 6.20 Å². The van der Waals surface area contributed by atoms with Crippen molar-refractivity contribution < 1.29 is 18.7 Å². The second-order valence-electron chi connectivity index (χ2n) is 3.92. The van der Waals surface area contributed by atoms with Crippen molar-refractivity contribution in [3.05, 3.63) is 23.0 Å².